The summed E-state index contributed by atoms with van der Waals surface area (Å²) >= 11 is 5.97. The van der Waals surface area contributed by atoms with Crippen LogP contribution in [0.1, 0.15) is 5.56 Å². The number of methoxy groups -OCH3 is 1. The van der Waals surface area contributed by atoms with Gasteiger partial charge in [0, 0.05) is 6.54 Å². The fourth-order valence-corrected chi connectivity index (χ4v) is 1.32. The van der Waals surface area contributed by atoms with E-state index in [-0.39, 0.29) is 0 Å². The van der Waals surface area contributed by atoms with Crippen LogP contribution in [0.25, 0.3) is 6.08 Å². The Kier molecular flexibility index (Phi) is 3.80. The summed E-state index contributed by atoms with van der Waals surface area (Å²) in [5.74, 6) is 0.617. The summed E-state index contributed by atoms with van der Waals surface area (Å²) in [4.78, 5) is 0. The van der Waals surface area contributed by atoms with Gasteiger partial charge in [-0.3, -0.25) is 0 Å². The minimum Gasteiger partial charge on any atom is -0.495 e. The molecule has 0 spiro atoms. The second-order valence-electron chi connectivity index (χ2n) is 2.75. The Morgan fingerprint density at radius 2 is 2.21 bits per heavy atom. The number of anilines is 1. The van der Waals surface area contributed by atoms with Gasteiger partial charge in [-0.2, -0.15) is 0 Å². The summed E-state index contributed by atoms with van der Waals surface area (Å²) in [5, 5.41) is 0.591. The Hall–Kier alpha value is -1.19. The quantitative estimate of drug-likeness (QED) is 0.753. The molecule has 0 heterocycles. The molecule has 0 aromatic heterocycles. The number of benzene rings is 1. The number of ether oxygens (including phenoxy) is 1. The first-order valence-corrected chi connectivity index (χ1v) is 4.56. The predicted molar refractivity (Wildman–Crippen MR) is 60.5 cm³/mol. The Labute approximate surface area is 88.3 Å². The topological polar surface area (TPSA) is 61.3 Å². The van der Waals surface area contributed by atoms with Crippen molar-refractivity contribution in [2.45, 2.75) is 0 Å². The van der Waals surface area contributed by atoms with Crippen molar-refractivity contribution in [1.29, 1.82) is 0 Å². The SMILES string of the molecule is COc1cc(C=CCN)c(Cl)cc1N. The maximum Gasteiger partial charge on any atom is 0.142 e. The molecule has 0 aliphatic carbocycles. The van der Waals surface area contributed by atoms with Gasteiger partial charge in [0.2, 0.25) is 0 Å². The molecular weight excluding hydrogens is 200 g/mol. The van der Waals surface area contributed by atoms with Crippen LogP contribution >= 0.6 is 11.6 Å². The molecule has 14 heavy (non-hydrogen) atoms. The van der Waals surface area contributed by atoms with Crippen molar-refractivity contribution in [2.24, 2.45) is 5.73 Å². The van der Waals surface area contributed by atoms with Gasteiger partial charge < -0.3 is 16.2 Å². The summed E-state index contributed by atoms with van der Waals surface area (Å²) in [7, 11) is 1.57. The lowest BCUT2D eigenvalue weighted by Gasteiger charge is -2.06. The third kappa shape index (κ3) is 2.40. The number of halogens is 1. The van der Waals surface area contributed by atoms with Crippen molar-refractivity contribution < 1.29 is 4.74 Å². The average molecular weight is 213 g/mol. The molecule has 76 valence electrons. The molecule has 4 N–H and O–H groups in total. The number of hydrogen-bond acceptors (Lipinski definition) is 3. The molecule has 0 saturated heterocycles. The second kappa shape index (κ2) is 4.88. The van der Waals surface area contributed by atoms with Gasteiger partial charge in [-0.05, 0) is 17.7 Å². The highest BCUT2D eigenvalue weighted by Gasteiger charge is 2.04. The lowest BCUT2D eigenvalue weighted by atomic mass is 10.1. The molecule has 3 nitrogen and oxygen atoms in total. The minimum absolute atomic E-state index is 0.475. The van der Waals surface area contributed by atoms with Gasteiger partial charge >= 0.3 is 0 Å². The van der Waals surface area contributed by atoms with Gasteiger partial charge in [-0.15, -0.1) is 0 Å². The first-order valence-electron chi connectivity index (χ1n) is 4.18. The summed E-state index contributed by atoms with van der Waals surface area (Å²) < 4.78 is 5.07. The van der Waals surface area contributed by atoms with Gasteiger partial charge in [0.25, 0.3) is 0 Å². The van der Waals surface area contributed by atoms with E-state index < -0.39 is 0 Å². The smallest absolute Gasteiger partial charge is 0.142 e. The molecule has 1 aromatic carbocycles. The number of rotatable bonds is 3. The van der Waals surface area contributed by atoms with Crippen molar-refractivity contribution >= 4 is 23.4 Å². The van der Waals surface area contributed by atoms with Crippen LogP contribution in [-0.4, -0.2) is 13.7 Å². The molecule has 1 aromatic rings. The lowest BCUT2D eigenvalue weighted by molar-refractivity contribution is 0.417. The van der Waals surface area contributed by atoms with Crippen LogP contribution in [0.3, 0.4) is 0 Å². The number of nitrogens with two attached hydrogens (primary N) is 2. The van der Waals surface area contributed by atoms with Gasteiger partial charge in [0.15, 0.2) is 0 Å². The molecular formula is C10H13ClN2O. The third-order valence-electron chi connectivity index (χ3n) is 1.78. The predicted octanol–water partition coefficient (Wildman–Crippen LogP) is 1.90. The van der Waals surface area contributed by atoms with E-state index in [0.29, 0.717) is 23.0 Å². The van der Waals surface area contributed by atoms with Crippen LogP contribution in [0, 0.1) is 0 Å². The van der Waals surface area contributed by atoms with E-state index in [9.17, 15) is 0 Å². The van der Waals surface area contributed by atoms with E-state index in [1.54, 1.807) is 19.2 Å². The molecule has 4 heteroatoms. The first kappa shape index (κ1) is 10.9. The van der Waals surface area contributed by atoms with Crippen LogP contribution in [0.4, 0.5) is 5.69 Å². The van der Waals surface area contributed by atoms with E-state index in [4.69, 9.17) is 27.8 Å². The summed E-state index contributed by atoms with van der Waals surface area (Å²) in [6, 6.07) is 3.44. The molecule has 0 amide bonds. The van der Waals surface area contributed by atoms with Crippen molar-refractivity contribution in [1.82, 2.24) is 0 Å². The molecule has 0 fully saturated rings. The molecule has 0 aliphatic rings. The zero-order valence-electron chi connectivity index (χ0n) is 7.96. The van der Waals surface area contributed by atoms with E-state index in [1.165, 1.54) is 0 Å². The minimum atomic E-state index is 0.475. The third-order valence-corrected chi connectivity index (χ3v) is 2.11. The lowest BCUT2D eigenvalue weighted by Crippen LogP contribution is -1.94. The monoisotopic (exact) mass is 212 g/mol. The van der Waals surface area contributed by atoms with E-state index in [0.717, 1.165) is 5.56 Å². The van der Waals surface area contributed by atoms with Crippen molar-refractivity contribution in [3.05, 3.63) is 28.8 Å². The van der Waals surface area contributed by atoms with Crippen LogP contribution in [-0.2, 0) is 0 Å². The van der Waals surface area contributed by atoms with Gasteiger partial charge in [0.1, 0.15) is 5.75 Å². The number of nitrogen functional groups attached to an aromatic ring is 1. The Bertz CT molecular complexity index is 350. The maximum absolute atomic E-state index is 5.97. The standard InChI is InChI=1S/C10H13ClN2O/c1-14-10-5-7(3-2-4-12)8(11)6-9(10)13/h2-3,5-6H,4,12-13H2,1H3. The van der Waals surface area contributed by atoms with Crippen molar-refractivity contribution in [3.8, 4) is 5.75 Å². The second-order valence-corrected chi connectivity index (χ2v) is 3.16. The summed E-state index contributed by atoms with van der Waals surface area (Å²) in [5.41, 5.74) is 12.4. The van der Waals surface area contributed by atoms with Gasteiger partial charge in [-0.25, -0.2) is 0 Å². The van der Waals surface area contributed by atoms with Gasteiger partial charge in [0.05, 0.1) is 17.8 Å². The zero-order chi connectivity index (χ0) is 10.6. The van der Waals surface area contributed by atoms with Crippen LogP contribution in [0.5, 0.6) is 5.75 Å². The molecule has 0 bridgehead atoms. The maximum atomic E-state index is 5.97. The summed E-state index contributed by atoms with van der Waals surface area (Å²) in [6.45, 7) is 0.475. The van der Waals surface area contributed by atoms with E-state index >= 15 is 0 Å². The molecule has 1 rings (SSSR count). The highest BCUT2D eigenvalue weighted by atomic mass is 35.5. The molecule has 0 unspecified atom stereocenters. The van der Waals surface area contributed by atoms with Crippen LogP contribution in [0.15, 0.2) is 18.2 Å². The normalized spacial score (nSPS) is 10.8. The fraction of sp³-hybridized carbons (Fsp3) is 0.200. The highest BCUT2D eigenvalue weighted by molar-refractivity contribution is 6.32. The molecule has 0 radical (unpaired) electrons. The molecule has 0 aliphatic heterocycles. The van der Waals surface area contributed by atoms with Gasteiger partial charge in [-0.1, -0.05) is 23.8 Å². The van der Waals surface area contributed by atoms with E-state index in [1.807, 2.05) is 12.2 Å². The number of hydrogen-bond donors (Lipinski definition) is 2. The molecule has 0 atom stereocenters. The highest BCUT2D eigenvalue weighted by Crippen LogP contribution is 2.29. The zero-order valence-corrected chi connectivity index (χ0v) is 8.71. The summed E-state index contributed by atoms with van der Waals surface area (Å²) in [6.07, 6.45) is 3.65. The fourth-order valence-electron chi connectivity index (χ4n) is 1.08. The largest absolute Gasteiger partial charge is 0.495 e. The Morgan fingerprint density at radius 3 is 2.79 bits per heavy atom. The molecule has 0 saturated carbocycles. The van der Waals surface area contributed by atoms with Crippen LogP contribution in [0.2, 0.25) is 5.02 Å². The Balaban J connectivity index is 3.10. The van der Waals surface area contributed by atoms with Crippen molar-refractivity contribution in [2.75, 3.05) is 19.4 Å². The van der Waals surface area contributed by atoms with E-state index in [2.05, 4.69) is 0 Å². The average Bonchev–Trinajstić information content (AvgIpc) is 2.17. The van der Waals surface area contributed by atoms with Crippen molar-refractivity contribution in [3.63, 3.8) is 0 Å². The first-order chi connectivity index (χ1) is 6.69. The van der Waals surface area contributed by atoms with Crippen LogP contribution < -0.4 is 16.2 Å². The Morgan fingerprint density at radius 1 is 1.50 bits per heavy atom.